The zero-order valence-corrected chi connectivity index (χ0v) is 14.1. The number of benzene rings is 2. The van der Waals surface area contributed by atoms with Crippen LogP contribution in [0.2, 0.25) is 0 Å². The zero-order chi connectivity index (χ0) is 18.6. The summed E-state index contributed by atoms with van der Waals surface area (Å²) in [6.45, 7) is 0.588. The third-order valence-corrected chi connectivity index (χ3v) is 3.21. The second-order valence-corrected chi connectivity index (χ2v) is 5.17. The largest absolute Gasteiger partial charge is 0.493 e. The summed E-state index contributed by atoms with van der Waals surface area (Å²) in [5.74, 6) is 0.395. The highest BCUT2D eigenvalue weighted by molar-refractivity contribution is 5.87. The lowest BCUT2D eigenvalue weighted by Crippen LogP contribution is -2.06. The molecule has 0 atom stereocenters. The van der Waals surface area contributed by atoms with Gasteiger partial charge in [0.05, 0.1) is 13.2 Å². The standard InChI is InChI=1S/C20H18FNO4/c21-17-5-9-19(10-6-17)24-13-1-14-26-20(23)11-4-16-2-7-18(8-3-16)25-15-12-22/h2-11H,1,13-15H2/b11-4+. The molecule has 0 aromatic heterocycles. The van der Waals surface area contributed by atoms with Crippen molar-refractivity contribution in [3.8, 4) is 17.6 Å². The molecule has 134 valence electrons. The van der Waals surface area contributed by atoms with Crippen LogP contribution in [-0.2, 0) is 9.53 Å². The van der Waals surface area contributed by atoms with Crippen molar-refractivity contribution in [1.29, 1.82) is 5.26 Å². The van der Waals surface area contributed by atoms with Crippen LogP contribution in [0.4, 0.5) is 4.39 Å². The molecule has 0 bridgehead atoms. The number of ether oxygens (including phenoxy) is 3. The highest BCUT2D eigenvalue weighted by atomic mass is 19.1. The molecule has 0 amide bonds. The monoisotopic (exact) mass is 355 g/mol. The van der Waals surface area contributed by atoms with Crippen molar-refractivity contribution in [3.05, 3.63) is 66.0 Å². The fraction of sp³-hybridized carbons (Fsp3) is 0.200. The van der Waals surface area contributed by atoms with Crippen LogP contribution >= 0.6 is 0 Å². The van der Waals surface area contributed by atoms with E-state index < -0.39 is 5.97 Å². The molecule has 2 rings (SSSR count). The van der Waals surface area contributed by atoms with E-state index in [1.54, 1.807) is 42.5 Å². The van der Waals surface area contributed by atoms with Gasteiger partial charge in [-0.25, -0.2) is 9.18 Å². The van der Waals surface area contributed by atoms with Gasteiger partial charge in [0, 0.05) is 12.5 Å². The van der Waals surface area contributed by atoms with Crippen molar-refractivity contribution in [1.82, 2.24) is 0 Å². The predicted octanol–water partition coefficient (Wildman–Crippen LogP) is 3.75. The van der Waals surface area contributed by atoms with Gasteiger partial charge >= 0.3 is 5.97 Å². The van der Waals surface area contributed by atoms with Crippen LogP contribution in [0, 0.1) is 17.1 Å². The van der Waals surface area contributed by atoms with Gasteiger partial charge in [0.1, 0.15) is 23.4 Å². The van der Waals surface area contributed by atoms with Gasteiger partial charge in [-0.15, -0.1) is 0 Å². The summed E-state index contributed by atoms with van der Waals surface area (Å²) in [7, 11) is 0. The van der Waals surface area contributed by atoms with Crippen LogP contribution < -0.4 is 9.47 Å². The minimum absolute atomic E-state index is 0.00755. The topological polar surface area (TPSA) is 68.5 Å². The van der Waals surface area contributed by atoms with Crippen LogP contribution in [-0.4, -0.2) is 25.8 Å². The summed E-state index contributed by atoms with van der Waals surface area (Å²) in [6.07, 6.45) is 3.50. The highest BCUT2D eigenvalue weighted by Gasteiger charge is 1.99. The highest BCUT2D eigenvalue weighted by Crippen LogP contribution is 2.13. The molecule has 2 aromatic rings. The molecule has 0 N–H and O–H groups in total. The Labute approximate surface area is 151 Å². The van der Waals surface area contributed by atoms with E-state index in [1.165, 1.54) is 18.2 Å². The van der Waals surface area contributed by atoms with Crippen LogP contribution in [0.5, 0.6) is 11.5 Å². The number of hydrogen-bond acceptors (Lipinski definition) is 5. The first-order chi connectivity index (χ1) is 12.7. The number of nitrogens with zero attached hydrogens (tertiary/aromatic N) is 1. The summed E-state index contributed by atoms with van der Waals surface area (Å²) < 4.78 is 28.4. The van der Waals surface area contributed by atoms with E-state index in [-0.39, 0.29) is 19.0 Å². The molecule has 0 saturated carbocycles. The Morgan fingerprint density at radius 3 is 2.35 bits per heavy atom. The van der Waals surface area contributed by atoms with Gasteiger partial charge in [0.25, 0.3) is 0 Å². The average Bonchev–Trinajstić information content (AvgIpc) is 2.66. The fourth-order valence-electron chi connectivity index (χ4n) is 1.96. The predicted molar refractivity (Wildman–Crippen MR) is 94.1 cm³/mol. The Kier molecular flexibility index (Phi) is 7.69. The molecule has 5 nitrogen and oxygen atoms in total. The lowest BCUT2D eigenvalue weighted by atomic mass is 10.2. The Morgan fingerprint density at radius 1 is 1.00 bits per heavy atom. The second-order valence-electron chi connectivity index (χ2n) is 5.17. The lowest BCUT2D eigenvalue weighted by molar-refractivity contribution is -0.137. The van der Waals surface area contributed by atoms with Crippen LogP contribution in [0.25, 0.3) is 6.08 Å². The molecule has 0 aliphatic carbocycles. The first-order valence-corrected chi connectivity index (χ1v) is 8.00. The molecule has 0 spiro atoms. The summed E-state index contributed by atoms with van der Waals surface area (Å²) in [4.78, 5) is 11.6. The van der Waals surface area contributed by atoms with Gasteiger partial charge in [0.2, 0.25) is 0 Å². The molecule has 6 heteroatoms. The second kappa shape index (κ2) is 10.5. The Balaban J connectivity index is 1.64. The van der Waals surface area contributed by atoms with Crippen LogP contribution in [0.1, 0.15) is 12.0 Å². The number of carbonyl (C=O) groups excluding carboxylic acids is 1. The summed E-state index contributed by atoms with van der Waals surface area (Å²) in [6, 6.07) is 14.6. The van der Waals surface area contributed by atoms with Crippen molar-refractivity contribution in [2.24, 2.45) is 0 Å². The third-order valence-electron chi connectivity index (χ3n) is 3.21. The van der Waals surface area contributed by atoms with E-state index in [1.807, 2.05) is 6.07 Å². The number of carbonyl (C=O) groups is 1. The van der Waals surface area contributed by atoms with Crippen molar-refractivity contribution in [2.45, 2.75) is 6.42 Å². The van der Waals surface area contributed by atoms with E-state index in [0.717, 1.165) is 5.56 Å². The molecule has 0 aliphatic heterocycles. The first kappa shape index (κ1) is 19.0. The molecule has 0 unspecified atom stereocenters. The summed E-state index contributed by atoms with van der Waals surface area (Å²) in [5, 5.41) is 8.44. The molecular formula is C20H18FNO4. The molecule has 0 aliphatic rings. The van der Waals surface area contributed by atoms with Crippen LogP contribution in [0.15, 0.2) is 54.6 Å². The van der Waals surface area contributed by atoms with Gasteiger partial charge in [0.15, 0.2) is 6.61 Å². The first-order valence-electron chi connectivity index (χ1n) is 8.00. The van der Waals surface area contributed by atoms with Crippen LogP contribution in [0.3, 0.4) is 0 Å². The van der Waals surface area contributed by atoms with E-state index in [9.17, 15) is 9.18 Å². The van der Waals surface area contributed by atoms with Crippen molar-refractivity contribution < 1.29 is 23.4 Å². The molecule has 0 heterocycles. The smallest absolute Gasteiger partial charge is 0.330 e. The third kappa shape index (κ3) is 7.05. The number of halogens is 1. The fourth-order valence-corrected chi connectivity index (χ4v) is 1.96. The maximum atomic E-state index is 12.7. The zero-order valence-electron chi connectivity index (χ0n) is 14.1. The molecule has 2 aromatic carbocycles. The summed E-state index contributed by atoms with van der Waals surface area (Å²) >= 11 is 0. The SMILES string of the molecule is N#CCOc1ccc(/C=C/C(=O)OCCCOc2ccc(F)cc2)cc1. The lowest BCUT2D eigenvalue weighted by Gasteiger charge is -2.06. The Morgan fingerprint density at radius 2 is 1.65 bits per heavy atom. The average molecular weight is 355 g/mol. The van der Waals surface area contributed by atoms with Gasteiger partial charge in [-0.3, -0.25) is 0 Å². The van der Waals surface area contributed by atoms with Gasteiger partial charge in [-0.1, -0.05) is 12.1 Å². The Bertz CT molecular complexity index is 764. The molecule has 26 heavy (non-hydrogen) atoms. The van der Waals surface area contributed by atoms with Crippen molar-refractivity contribution >= 4 is 12.0 Å². The number of rotatable bonds is 9. The van der Waals surface area contributed by atoms with Crippen molar-refractivity contribution in [3.63, 3.8) is 0 Å². The van der Waals surface area contributed by atoms with Crippen molar-refractivity contribution in [2.75, 3.05) is 19.8 Å². The normalized spacial score (nSPS) is 10.3. The van der Waals surface area contributed by atoms with E-state index in [4.69, 9.17) is 19.5 Å². The number of nitriles is 1. The number of esters is 1. The quantitative estimate of drug-likeness (QED) is 0.389. The molecule has 0 fully saturated rings. The van der Waals surface area contributed by atoms with E-state index in [0.29, 0.717) is 24.5 Å². The van der Waals surface area contributed by atoms with Gasteiger partial charge < -0.3 is 14.2 Å². The maximum absolute atomic E-state index is 12.7. The minimum atomic E-state index is -0.448. The maximum Gasteiger partial charge on any atom is 0.330 e. The minimum Gasteiger partial charge on any atom is -0.493 e. The molecular weight excluding hydrogens is 337 g/mol. The molecule has 0 saturated heterocycles. The van der Waals surface area contributed by atoms with E-state index in [2.05, 4.69) is 0 Å². The van der Waals surface area contributed by atoms with Gasteiger partial charge in [-0.05, 0) is 48.0 Å². The van der Waals surface area contributed by atoms with Gasteiger partial charge in [-0.2, -0.15) is 5.26 Å². The van der Waals surface area contributed by atoms with E-state index >= 15 is 0 Å². The summed E-state index contributed by atoms with van der Waals surface area (Å²) in [5.41, 5.74) is 0.811. The molecule has 0 radical (unpaired) electrons. The Hall–Kier alpha value is -3.33. The number of hydrogen-bond donors (Lipinski definition) is 0.